The molecule has 1 aliphatic heterocycles. The fourth-order valence-corrected chi connectivity index (χ4v) is 4.30. The highest BCUT2D eigenvalue weighted by Crippen LogP contribution is 2.44. The number of ketones is 1. The molecule has 1 heterocycles. The summed E-state index contributed by atoms with van der Waals surface area (Å²) in [6.07, 6.45) is 2.83. The number of para-hydroxylation sites is 1. The molecule has 1 saturated heterocycles. The molecule has 4 rings (SSSR count). The molecule has 4 nitrogen and oxygen atoms in total. The van der Waals surface area contributed by atoms with Crippen LogP contribution < -0.4 is 4.90 Å². The Morgan fingerprint density at radius 1 is 0.963 bits per heavy atom. The van der Waals surface area contributed by atoms with Gasteiger partial charge in [-0.1, -0.05) is 60.2 Å². The second kappa shape index (κ2) is 6.95. The van der Waals surface area contributed by atoms with E-state index in [2.05, 4.69) is 0 Å². The van der Waals surface area contributed by atoms with Crippen molar-refractivity contribution in [3.8, 4) is 0 Å². The summed E-state index contributed by atoms with van der Waals surface area (Å²) >= 11 is 0. The SMILES string of the molecule is CC1=C[C@H](CC(=O)c2ccccc2)[C@@H]2C(=O)N(c3ccccc3)C(=O)[C@@H]2C1. The van der Waals surface area contributed by atoms with Gasteiger partial charge in [0.15, 0.2) is 5.78 Å². The Morgan fingerprint density at radius 3 is 2.26 bits per heavy atom. The van der Waals surface area contributed by atoms with Crippen LogP contribution in [0.15, 0.2) is 72.3 Å². The predicted molar refractivity (Wildman–Crippen MR) is 103 cm³/mol. The average Bonchev–Trinajstić information content (AvgIpc) is 2.93. The van der Waals surface area contributed by atoms with Gasteiger partial charge in [0.1, 0.15) is 0 Å². The Bertz CT molecular complexity index is 917. The minimum atomic E-state index is -0.464. The summed E-state index contributed by atoms with van der Waals surface area (Å²) in [5, 5.41) is 0. The number of hydrogen-bond acceptors (Lipinski definition) is 3. The Balaban J connectivity index is 1.64. The molecule has 2 aliphatic rings. The fraction of sp³-hybridized carbons (Fsp3) is 0.261. The van der Waals surface area contributed by atoms with E-state index in [9.17, 15) is 14.4 Å². The number of benzene rings is 2. The van der Waals surface area contributed by atoms with Gasteiger partial charge in [0, 0.05) is 12.0 Å². The van der Waals surface area contributed by atoms with Gasteiger partial charge >= 0.3 is 0 Å². The summed E-state index contributed by atoms with van der Waals surface area (Å²) in [6.45, 7) is 1.97. The van der Waals surface area contributed by atoms with Gasteiger partial charge in [-0.05, 0) is 31.4 Å². The smallest absolute Gasteiger partial charge is 0.238 e. The summed E-state index contributed by atoms with van der Waals surface area (Å²) in [7, 11) is 0. The second-order valence-corrected chi connectivity index (χ2v) is 7.35. The van der Waals surface area contributed by atoms with E-state index in [1.54, 1.807) is 24.3 Å². The molecule has 0 N–H and O–H groups in total. The number of hydrogen-bond donors (Lipinski definition) is 0. The number of amides is 2. The van der Waals surface area contributed by atoms with Crippen LogP contribution >= 0.6 is 0 Å². The predicted octanol–water partition coefficient (Wildman–Crippen LogP) is 4.03. The largest absolute Gasteiger partial charge is 0.294 e. The highest BCUT2D eigenvalue weighted by molar-refractivity contribution is 6.22. The molecule has 1 aliphatic carbocycles. The van der Waals surface area contributed by atoms with Crippen molar-refractivity contribution in [1.82, 2.24) is 0 Å². The normalized spacial score (nSPS) is 24.6. The molecule has 4 heteroatoms. The molecule has 0 radical (unpaired) electrons. The van der Waals surface area contributed by atoms with E-state index in [4.69, 9.17) is 0 Å². The lowest BCUT2D eigenvalue weighted by molar-refractivity contribution is -0.122. The molecule has 27 heavy (non-hydrogen) atoms. The molecular formula is C23H21NO3. The van der Waals surface area contributed by atoms with Gasteiger partial charge in [-0.25, -0.2) is 0 Å². The molecule has 0 spiro atoms. The van der Waals surface area contributed by atoms with Gasteiger partial charge in [0.25, 0.3) is 0 Å². The van der Waals surface area contributed by atoms with Crippen molar-refractivity contribution in [2.45, 2.75) is 19.8 Å². The molecule has 0 aromatic heterocycles. The van der Waals surface area contributed by atoms with Gasteiger partial charge in [-0.3, -0.25) is 19.3 Å². The molecule has 136 valence electrons. The highest BCUT2D eigenvalue weighted by atomic mass is 16.2. The fourth-order valence-electron chi connectivity index (χ4n) is 4.30. The zero-order chi connectivity index (χ0) is 19.0. The van der Waals surface area contributed by atoms with Crippen LogP contribution in [-0.2, 0) is 9.59 Å². The van der Waals surface area contributed by atoms with Crippen LogP contribution in [0.25, 0.3) is 0 Å². The van der Waals surface area contributed by atoms with E-state index < -0.39 is 5.92 Å². The van der Waals surface area contributed by atoms with E-state index in [1.807, 2.05) is 49.4 Å². The zero-order valence-electron chi connectivity index (χ0n) is 15.2. The minimum absolute atomic E-state index is 0.00344. The Hall–Kier alpha value is -3.01. The molecule has 2 aromatic rings. The number of carbonyl (C=O) groups excluding carboxylic acids is 3. The van der Waals surface area contributed by atoms with Gasteiger partial charge in [-0.15, -0.1) is 0 Å². The van der Waals surface area contributed by atoms with Crippen molar-refractivity contribution < 1.29 is 14.4 Å². The molecule has 0 saturated carbocycles. The standard InChI is InChI=1S/C23H21NO3/c1-15-12-17(14-20(25)16-8-4-2-5-9-16)21-19(13-15)22(26)24(23(21)27)18-10-6-3-7-11-18/h2-12,17,19,21H,13-14H2,1H3/t17-,19-,21+/m1/s1. The first-order valence-electron chi connectivity index (χ1n) is 9.24. The van der Waals surface area contributed by atoms with Crippen LogP contribution in [0.5, 0.6) is 0 Å². The monoisotopic (exact) mass is 359 g/mol. The number of anilines is 1. The third-order valence-corrected chi connectivity index (χ3v) is 5.51. The van der Waals surface area contributed by atoms with Crippen molar-refractivity contribution >= 4 is 23.3 Å². The van der Waals surface area contributed by atoms with E-state index >= 15 is 0 Å². The topological polar surface area (TPSA) is 54.5 Å². The van der Waals surface area contributed by atoms with Crippen LogP contribution in [0.3, 0.4) is 0 Å². The van der Waals surface area contributed by atoms with Crippen LogP contribution in [0, 0.1) is 17.8 Å². The summed E-state index contributed by atoms with van der Waals surface area (Å²) in [5.74, 6) is -1.43. The molecule has 0 unspecified atom stereocenters. The van der Waals surface area contributed by atoms with E-state index in [0.717, 1.165) is 5.57 Å². The lowest BCUT2D eigenvalue weighted by Gasteiger charge is -2.28. The first-order valence-corrected chi connectivity index (χ1v) is 9.24. The van der Waals surface area contributed by atoms with Crippen molar-refractivity contribution in [2.24, 2.45) is 17.8 Å². The Kier molecular flexibility index (Phi) is 4.48. The van der Waals surface area contributed by atoms with E-state index in [1.165, 1.54) is 4.90 Å². The van der Waals surface area contributed by atoms with Gasteiger partial charge < -0.3 is 0 Å². The quantitative estimate of drug-likeness (QED) is 0.470. The molecule has 0 bridgehead atoms. The Labute approximate surface area is 158 Å². The Morgan fingerprint density at radius 2 is 1.59 bits per heavy atom. The summed E-state index contributed by atoms with van der Waals surface area (Å²) in [5.41, 5.74) is 2.31. The number of fused-ring (bicyclic) bond motifs is 1. The maximum absolute atomic E-state index is 13.2. The molecule has 2 aromatic carbocycles. The number of Topliss-reactive ketones (excluding diaryl/α,β-unsaturated/α-hetero) is 1. The number of carbonyl (C=O) groups is 3. The average molecular weight is 359 g/mol. The van der Waals surface area contributed by atoms with Gasteiger partial charge in [0.2, 0.25) is 11.8 Å². The number of nitrogens with zero attached hydrogens (tertiary/aromatic N) is 1. The third kappa shape index (κ3) is 3.12. The van der Waals surface area contributed by atoms with Crippen molar-refractivity contribution in [1.29, 1.82) is 0 Å². The van der Waals surface area contributed by atoms with Crippen molar-refractivity contribution in [3.63, 3.8) is 0 Å². The number of imide groups is 1. The summed E-state index contributed by atoms with van der Waals surface area (Å²) in [4.78, 5) is 40.2. The van der Waals surface area contributed by atoms with Crippen LogP contribution in [0.1, 0.15) is 30.1 Å². The van der Waals surface area contributed by atoms with Gasteiger partial charge in [-0.2, -0.15) is 0 Å². The molecular weight excluding hydrogens is 338 g/mol. The minimum Gasteiger partial charge on any atom is -0.294 e. The maximum atomic E-state index is 13.2. The number of allylic oxidation sites excluding steroid dienone is 2. The maximum Gasteiger partial charge on any atom is 0.238 e. The lowest BCUT2D eigenvalue weighted by Crippen LogP contribution is -2.32. The first-order chi connectivity index (χ1) is 13.1. The van der Waals surface area contributed by atoms with Crippen LogP contribution in [0.2, 0.25) is 0 Å². The van der Waals surface area contributed by atoms with Crippen molar-refractivity contribution in [3.05, 3.63) is 77.9 Å². The van der Waals surface area contributed by atoms with Crippen LogP contribution in [0.4, 0.5) is 5.69 Å². The van der Waals surface area contributed by atoms with Gasteiger partial charge in [0.05, 0.1) is 17.5 Å². The highest BCUT2D eigenvalue weighted by Gasteiger charge is 2.52. The van der Waals surface area contributed by atoms with Crippen molar-refractivity contribution in [2.75, 3.05) is 4.90 Å². The van der Waals surface area contributed by atoms with E-state index in [0.29, 0.717) is 17.7 Å². The zero-order valence-corrected chi connectivity index (χ0v) is 15.2. The molecule has 1 fully saturated rings. The second-order valence-electron chi connectivity index (χ2n) is 7.35. The first kappa shape index (κ1) is 17.4. The van der Waals surface area contributed by atoms with E-state index in [-0.39, 0.29) is 35.9 Å². The molecule has 3 atom stereocenters. The summed E-state index contributed by atoms with van der Waals surface area (Å²) in [6, 6.07) is 18.2. The number of rotatable bonds is 4. The lowest BCUT2D eigenvalue weighted by atomic mass is 9.72. The summed E-state index contributed by atoms with van der Waals surface area (Å²) < 4.78 is 0. The van der Waals surface area contributed by atoms with Crippen LogP contribution in [-0.4, -0.2) is 17.6 Å². The molecule has 2 amide bonds. The third-order valence-electron chi connectivity index (χ3n) is 5.51.